The Kier molecular flexibility index (Phi) is 5.15. The standard InChI is InChI=1S/C14H26N2O3Si/c1-8-18-13(17)12-9-11(15-16-12)10(2)19-20(6,7)14(3,4)5/h9-10H,8H2,1-7H3,(H,15,16)/t10-/m0/s1. The van der Waals surface area contributed by atoms with Crippen molar-refractivity contribution in [3.63, 3.8) is 0 Å². The summed E-state index contributed by atoms with van der Waals surface area (Å²) in [4.78, 5) is 11.6. The SMILES string of the molecule is CCOC(=O)c1cc([C@H](C)O[Si](C)(C)C(C)(C)C)[nH]n1. The second kappa shape index (κ2) is 6.09. The van der Waals surface area contributed by atoms with E-state index < -0.39 is 14.3 Å². The molecule has 1 aromatic heterocycles. The van der Waals surface area contributed by atoms with Crippen LogP contribution in [0.25, 0.3) is 0 Å². The van der Waals surface area contributed by atoms with Gasteiger partial charge in [0.25, 0.3) is 0 Å². The third-order valence-electron chi connectivity index (χ3n) is 3.80. The van der Waals surface area contributed by atoms with Gasteiger partial charge in [-0.2, -0.15) is 5.10 Å². The molecule has 20 heavy (non-hydrogen) atoms. The monoisotopic (exact) mass is 298 g/mol. The predicted molar refractivity (Wildman–Crippen MR) is 81.2 cm³/mol. The Labute approximate surface area is 122 Å². The molecule has 1 N–H and O–H groups in total. The number of hydrogen-bond acceptors (Lipinski definition) is 4. The van der Waals surface area contributed by atoms with Crippen LogP contribution in [0, 0.1) is 0 Å². The van der Waals surface area contributed by atoms with Crippen molar-refractivity contribution in [2.45, 2.75) is 58.9 Å². The first-order valence-electron chi connectivity index (χ1n) is 6.98. The number of aromatic nitrogens is 2. The molecular formula is C14H26N2O3Si. The molecule has 0 saturated heterocycles. The Balaban J connectivity index is 2.79. The average Bonchev–Trinajstić information content (AvgIpc) is 2.76. The average molecular weight is 298 g/mol. The van der Waals surface area contributed by atoms with E-state index in [1.807, 2.05) is 6.92 Å². The van der Waals surface area contributed by atoms with Crippen molar-refractivity contribution in [3.05, 3.63) is 17.5 Å². The maximum atomic E-state index is 11.6. The molecule has 0 fully saturated rings. The van der Waals surface area contributed by atoms with Gasteiger partial charge in [0.2, 0.25) is 0 Å². The number of aromatic amines is 1. The summed E-state index contributed by atoms with van der Waals surface area (Å²) in [6.45, 7) is 15.1. The van der Waals surface area contributed by atoms with Crippen LogP contribution in [0.4, 0.5) is 0 Å². The van der Waals surface area contributed by atoms with E-state index in [1.54, 1.807) is 13.0 Å². The molecule has 0 aliphatic rings. The second-order valence-corrected chi connectivity index (χ2v) is 11.2. The third kappa shape index (κ3) is 3.93. The van der Waals surface area contributed by atoms with E-state index in [0.717, 1.165) is 5.69 Å². The molecule has 114 valence electrons. The summed E-state index contributed by atoms with van der Waals surface area (Å²) in [5.74, 6) is -0.408. The number of ether oxygens (including phenoxy) is 1. The number of nitrogens with zero attached hydrogens (tertiary/aromatic N) is 1. The Hall–Kier alpha value is -1.14. The fourth-order valence-corrected chi connectivity index (χ4v) is 2.90. The molecule has 0 aliphatic carbocycles. The Morgan fingerprint density at radius 2 is 2.05 bits per heavy atom. The summed E-state index contributed by atoms with van der Waals surface area (Å²) in [5.41, 5.74) is 1.10. The number of nitrogens with one attached hydrogen (secondary N) is 1. The molecule has 0 bridgehead atoms. The normalized spacial score (nSPS) is 14.2. The van der Waals surface area contributed by atoms with E-state index in [-0.39, 0.29) is 11.1 Å². The van der Waals surface area contributed by atoms with Gasteiger partial charge in [0.05, 0.1) is 18.4 Å². The summed E-state index contributed by atoms with van der Waals surface area (Å²) in [7, 11) is -1.85. The maximum absolute atomic E-state index is 11.6. The molecule has 0 radical (unpaired) electrons. The van der Waals surface area contributed by atoms with E-state index >= 15 is 0 Å². The molecule has 1 rings (SSSR count). The largest absolute Gasteiger partial charge is 0.461 e. The summed E-state index contributed by atoms with van der Waals surface area (Å²) in [6, 6.07) is 1.70. The van der Waals surface area contributed by atoms with E-state index in [1.165, 1.54) is 0 Å². The highest BCUT2D eigenvalue weighted by Gasteiger charge is 2.38. The minimum atomic E-state index is -1.85. The summed E-state index contributed by atoms with van der Waals surface area (Å²) < 4.78 is 11.2. The van der Waals surface area contributed by atoms with Crippen LogP contribution < -0.4 is 0 Å². The van der Waals surface area contributed by atoms with Crippen LogP contribution in [0.5, 0.6) is 0 Å². The van der Waals surface area contributed by atoms with Gasteiger partial charge in [-0.25, -0.2) is 4.79 Å². The van der Waals surface area contributed by atoms with Crippen molar-refractivity contribution >= 4 is 14.3 Å². The molecule has 1 atom stereocenters. The lowest BCUT2D eigenvalue weighted by molar-refractivity contribution is 0.0519. The van der Waals surface area contributed by atoms with E-state index in [4.69, 9.17) is 9.16 Å². The first-order chi connectivity index (χ1) is 9.08. The zero-order chi connectivity index (χ0) is 15.6. The third-order valence-corrected chi connectivity index (χ3v) is 8.35. The van der Waals surface area contributed by atoms with Gasteiger partial charge >= 0.3 is 5.97 Å². The fourth-order valence-electron chi connectivity index (χ4n) is 1.54. The fraction of sp³-hybridized carbons (Fsp3) is 0.714. The second-order valence-electron chi connectivity index (χ2n) is 6.45. The number of carbonyl (C=O) groups is 1. The van der Waals surface area contributed by atoms with Crippen LogP contribution >= 0.6 is 0 Å². The van der Waals surface area contributed by atoms with Crippen LogP contribution in [-0.4, -0.2) is 31.1 Å². The highest BCUT2D eigenvalue weighted by molar-refractivity contribution is 6.74. The highest BCUT2D eigenvalue weighted by Crippen LogP contribution is 2.39. The van der Waals surface area contributed by atoms with Gasteiger partial charge in [-0.15, -0.1) is 0 Å². The minimum absolute atomic E-state index is 0.119. The van der Waals surface area contributed by atoms with Crippen molar-refractivity contribution in [1.82, 2.24) is 10.2 Å². The number of hydrogen-bond donors (Lipinski definition) is 1. The Bertz CT molecular complexity index is 463. The van der Waals surface area contributed by atoms with Gasteiger partial charge in [0, 0.05) is 0 Å². The predicted octanol–water partition coefficient (Wildman–Crippen LogP) is 3.67. The van der Waals surface area contributed by atoms with Gasteiger partial charge in [-0.3, -0.25) is 5.10 Å². The number of esters is 1. The van der Waals surface area contributed by atoms with Crippen molar-refractivity contribution < 1.29 is 14.0 Å². The highest BCUT2D eigenvalue weighted by atomic mass is 28.4. The lowest BCUT2D eigenvalue weighted by Gasteiger charge is -2.38. The van der Waals surface area contributed by atoms with Gasteiger partial charge in [-0.05, 0) is 38.0 Å². The maximum Gasteiger partial charge on any atom is 0.358 e. The van der Waals surface area contributed by atoms with E-state index in [2.05, 4.69) is 44.1 Å². The zero-order valence-electron chi connectivity index (χ0n) is 13.5. The number of carbonyl (C=O) groups excluding carboxylic acids is 1. The van der Waals surface area contributed by atoms with Crippen LogP contribution in [0.1, 0.15) is 56.9 Å². The van der Waals surface area contributed by atoms with Crippen molar-refractivity contribution in [1.29, 1.82) is 0 Å². The van der Waals surface area contributed by atoms with Gasteiger partial charge < -0.3 is 9.16 Å². The molecule has 0 aromatic carbocycles. The molecule has 0 unspecified atom stereocenters. The first kappa shape index (κ1) is 16.9. The Morgan fingerprint density at radius 1 is 1.45 bits per heavy atom. The van der Waals surface area contributed by atoms with E-state index in [9.17, 15) is 4.79 Å². The smallest absolute Gasteiger partial charge is 0.358 e. The molecule has 1 aromatic rings. The summed E-state index contributed by atoms with van der Waals surface area (Å²) >= 11 is 0. The molecule has 0 aliphatic heterocycles. The van der Waals surface area contributed by atoms with Gasteiger partial charge in [0.15, 0.2) is 14.0 Å². The van der Waals surface area contributed by atoms with Crippen molar-refractivity contribution in [2.24, 2.45) is 0 Å². The van der Waals surface area contributed by atoms with Crippen LogP contribution in [-0.2, 0) is 9.16 Å². The minimum Gasteiger partial charge on any atom is -0.461 e. The van der Waals surface area contributed by atoms with Gasteiger partial charge in [0.1, 0.15) is 0 Å². The zero-order valence-corrected chi connectivity index (χ0v) is 14.5. The summed E-state index contributed by atoms with van der Waals surface area (Å²) in [6.07, 6.45) is -0.119. The number of H-pyrrole nitrogens is 1. The molecular weight excluding hydrogens is 272 g/mol. The lowest BCUT2D eigenvalue weighted by Crippen LogP contribution is -2.41. The van der Waals surface area contributed by atoms with Crippen molar-refractivity contribution in [2.75, 3.05) is 6.61 Å². The van der Waals surface area contributed by atoms with Gasteiger partial charge in [-0.1, -0.05) is 20.8 Å². The molecule has 0 saturated carbocycles. The Morgan fingerprint density at radius 3 is 2.55 bits per heavy atom. The first-order valence-corrected chi connectivity index (χ1v) is 9.89. The molecule has 0 spiro atoms. The van der Waals surface area contributed by atoms with Crippen LogP contribution in [0.2, 0.25) is 18.1 Å². The van der Waals surface area contributed by atoms with Crippen molar-refractivity contribution in [3.8, 4) is 0 Å². The molecule has 6 heteroatoms. The molecule has 1 heterocycles. The number of rotatable bonds is 5. The molecule has 5 nitrogen and oxygen atoms in total. The van der Waals surface area contributed by atoms with Crippen LogP contribution in [0.15, 0.2) is 6.07 Å². The van der Waals surface area contributed by atoms with E-state index in [0.29, 0.717) is 12.3 Å². The topological polar surface area (TPSA) is 64.2 Å². The van der Waals surface area contributed by atoms with Crippen LogP contribution in [0.3, 0.4) is 0 Å². The molecule has 0 amide bonds. The quantitative estimate of drug-likeness (QED) is 0.665. The lowest BCUT2D eigenvalue weighted by atomic mass is 10.2. The summed E-state index contributed by atoms with van der Waals surface area (Å²) in [5, 5.41) is 6.99.